The number of carbonyl (C=O) groups excluding carboxylic acids is 1. The van der Waals surface area contributed by atoms with Crippen LogP contribution in [0.25, 0.3) is 6.08 Å². The van der Waals surface area contributed by atoms with Gasteiger partial charge in [-0.05, 0) is 82.7 Å². The third kappa shape index (κ3) is 6.92. The van der Waals surface area contributed by atoms with Crippen LogP contribution < -0.4 is 24.4 Å². The molecule has 0 bridgehead atoms. The molecule has 0 aliphatic carbocycles. The third-order valence-electron chi connectivity index (χ3n) is 7.37. The topological polar surface area (TPSA) is 79.1 Å². The lowest BCUT2D eigenvalue weighted by molar-refractivity contribution is -0.139. The highest BCUT2D eigenvalue weighted by Gasteiger charge is 2.33. The minimum atomic E-state index is -0.680. The molecule has 0 amide bonds. The second-order valence-corrected chi connectivity index (χ2v) is 13.4. The first-order chi connectivity index (χ1) is 21.5. The summed E-state index contributed by atoms with van der Waals surface area (Å²) in [5.74, 6) is 0.806. The fraction of sp³-hybridized carbons (Fsp3) is 0.265. The van der Waals surface area contributed by atoms with Crippen LogP contribution in [0.1, 0.15) is 61.9 Å². The molecule has 1 aliphatic rings. The Hall–Kier alpha value is -3.37. The molecule has 234 valence electrons. The second-order valence-electron chi connectivity index (χ2n) is 10.7. The number of methoxy groups -OCH3 is 1. The van der Waals surface area contributed by atoms with Crippen LogP contribution in [-0.2, 0) is 16.1 Å². The molecule has 7 nitrogen and oxygen atoms in total. The normalized spacial score (nSPS) is 14.8. The molecule has 1 aromatic heterocycles. The zero-order valence-electron chi connectivity index (χ0n) is 25.3. The van der Waals surface area contributed by atoms with Gasteiger partial charge in [0, 0.05) is 15.6 Å². The number of allylic oxidation sites excluding steroid dienone is 1. The van der Waals surface area contributed by atoms with E-state index in [9.17, 15) is 9.59 Å². The summed E-state index contributed by atoms with van der Waals surface area (Å²) in [4.78, 5) is 32.4. The number of aromatic nitrogens is 1. The highest BCUT2D eigenvalue weighted by Crippen LogP contribution is 2.38. The summed E-state index contributed by atoms with van der Waals surface area (Å²) in [6.07, 6.45) is 1.78. The van der Waals surface area contributed by atoms with E-state index in [2.05, 4.69) is 34.8 Å². The van der Waals surface area contributed by atoms with Crippen LogP contribution in [0.2, 0.25) is 10.0 Å². The Balaban J connectivity index is 1.57. The zero-order valence-corrected chi connectivity index (χ0v) is 29.2. The maximum absolute atomic E-state index is 14.0. The van der Waals surface area contributed by atoms with Crippen molar-refractivity contribution in [3.8, 4) is 11.5 Å². The third-order valence-corrected chi connectivity index (χ3v) is 9.53. The molecule has 2 heterocycles. The van der Waals surface area contributed by atoms with Crippen molar-refractivity contribution in [2.45, 2.75) is 46.3 Å². The summed E-state index contributed by atoms with van der Waals surface area (Å²) in [7, 11) is 1.55. The van der Waals surface area contributed by atoms with Gasteiger partial charge in [-0.1, -0.05) is 78.7 Å². The van der Waals surface area contributed by atoms with E-state index in [1.165, 1.54) is 11.3 Å². The van der Waals surface area contributed by atoms with Crippen LogP contribution in [0.15, 0.2) is 80.1 Å². The van der Waals surface area contributed by atoms with Crippen molar-refractivity contribution in [1.82, 2.24) is 4.57 Å². The van der Waals surface area contributed by atoms with Gasteiger partial charge in [0.15, 0.2) is 16.3 Å². The van der Waals surface area contributed by atoms with Crippen LogP contribution >= 0.6 is 50.5 Å². The lowest BCUT2D eigenvalue weighted by Gasteiger charge is -2.25. The zero-order chi connectivity index (χ0) is 32.4. The van der Waals surface area contributed by atoms with E-state index >= 15 is 0 Å². The number of ether oxygens (including phenoxy) is 3. The van der Waals surface area contributed by atoms with Gasteiger partial charge in [0.1, 0.15) is 6.61 Å². The fourth-order valence-electron chi connectivity index (χ4n) is 5.07. The van der Waals surface area contributed by atoms with E-state index in [0.717, 1.165) is 16.7 Å². The van der Waals surface area contributed by atoms with Crippen LogP contribution in [-0.4, -0.2) is 24.3 Å². The highest BCUT2D eigenvalue weighted by atomic mass is 79.9. The summed E-state index contributed by atoms with van der Waals surface area (Å²) in [5.41, 5.74) is 4.04. The van der Waals surface area contributed by atoms with E-state index in [4.69, 9.17) is 37.4 Å². The van der Waals surface area contributed by atoms with Crippen molar-refractivity contribution in [3.05, 3.63) is 122 Å². The lowest BCUT2D eigenvalue weighted by Crippen LogP contribution is -2.39. The number of halogens is 3. The molecule has 5 rings (SSSR count). The largest absolute Gasteiger partial charge is 0.493 e. The summed E-state index contributed by atoms with van der Waals surface area (Å²) in [6, 6.07) is 16.2. The van der Waals surface area contributed by atoms with Gasteiger partial charge in [-0.2, -0.15) is 0 Å². The SMILES string of the molecule is CCOC(=O)C1=C(C)N=c2s/c(=C\c3cc(Br)c(OCc4ccc(Cl)cc4Cl)c(OC)c3)c(=O)n2[C@@H]1c1ccc(C(C)C)cc1. The molecule has 11 heteroatoms. The van der Waals surface area contributed by atoms with E-state index in [-0.39, 0.29) is 18.8 Å². The maximum Gasteiger partial charge on any atom is 0.338 e. The Labute approximate surface area is 283 Å². The van der Waals surface area contributed by atoms with Gasteiger partial charge in [-0.3, -0.25) is 9.36 Å². The Kier molecular flexibility index (Phi) is 10.2. The van der Waals surface area contributed by atoms with Crippen LogP contribution in [0.3, 0.4) is 0 Å². The van der Waals surface area contributed by atoms with Crippen molar-refractivity contribution in [2.24, 2.45) is 4.99 Å². The minimum Gasteiger partial charge on any atom is -0.493 e. The second kappa shape index (κ2) is 14.0. The van der Waals surface area contributed by atoms with Gasteiger partial charge in [-0.25, -0.2) is 9.79 Å². The number of nitrogens with zero attached hydrogens (tertiary/aromatic N) is 2. The standard InChI is InChI=1S/C34H31BrCl2N2O5S/c1-6-43-33(41)29-19(4)38-34-39(30(29)22-9-7-21(8-10-22)18(2)3)32(40)28(45-34)15-20-13-25(35)31(27(14-20)42-5)44-17-23-11-12-24(36)16-26(23)37/h7-16,18,30H,6,17H2,1-5H3/b28-15-/t30-/m1/s1. The van der Waals surface area contributed by atoms with Crippen LogP contribution in [0.4, 0.5) is 0 Å². The predicted octanol–water partition coefficient (Wildman–Crippen LogP) is 7.58. The van der Waals surface area contributed by atoms with Crippen molar-refractivity contribution in [1.29, 1.82) is 0 Å². The maximum atomic E-state index is 14.0. The summed E-state index contributed by atoms with van der Waals surface area (Å²) in [6.45, 7) is 8.17. The molecule has 0 radical (unpaired) electrons. The first-order valence-corrected chi connectivity index (χ1v) is 16.6. The Morgan fingerprint density at radius 1 is 1.13 bits per heavy atom. The van der Waals surface area contributed by atoms with Gasteiger partial charge in [-0.15, -0.1) is 0 Å². The summed E-state index contributed by atoms with van der Waals surface area (Å²) >= 11 is 17.2. The molecule has 0 saturated heterocycles. The van der Waals surface area contributed by atoms with E-state index in [1.54, 1.807) is 55.9 Å². The monoisotopic (exact) mass is 728 g/mol. The smallest absolute Gasteiger partial charge is 0.338 e. The molecule has 3 aromatic carbocycles. The Morgan fingerprint density at radius 2 is 1.87 bits per heavy atom. The predicted molar refractivity (Wildman–Crippen MR) is 182 cm³/mol. The highest BCUT2D eigenvalue weighted by molar-refractivity contribution is 9.10. The molecular weight excluding hydrogens is 699 g/mol. The lowest BCUT2D eigenvalue weighted by atomic mass is 9.93. The van der Waals surface area contributed by atoms with Crippen molar-refractivity contribution in [2.75, 3.05) is 13.7 Å². The van der Waals surface area contributed by atoms with E-state index in [0.29, 0.717) is 58.1 Å². The number of hydrogen-bond donors (Lipinski definition) is 0. The number of benzene rings is 3. The van der Waals surface area contributed by atoms with Crippen LogP contribution in [0.5, 0.6) is 11.5 Å². The van der Waals surface area contributed by atoms with E-state index in [1.807, 2.05) is 30.3 Å². The van der Waals surface area contributed by atoms with Gasteiger partial charge in [0.2, 0.25) is 0 Å². The molecule has 0 saturated carbocycles. The van der Waals surface area contributed by atoms with Crippen molar-refractivity contribution >= 4 is 62.5 Å². The number of esters is 1. The van der Waals surface area contributed by atoms with Gasteiger partial charge < -0.3 is 14.2 Å². The molecule has 1 atom stereocenters. The van der Waals surface area contributed by atoms with Crippen molar-refractivity contribution in [3.63, 3.8) is 0 Å². The van der Waals surface area contributed by atoms with Gasteiger partial charge in [0.25, 0.3) is 5.56 Å². The molecule has 0 N–H and O–H groups in total. The fourth-order valence-corrected chi connectivity index (χ4v) is 7.16. The average Bonchev–Trinajstić information content (AvgIpc) is 3.30. The number of rotatable bonds is 9. The number of hydrogen-bond acceptors (Lipinski definition) is 7. The minimum absolute atomic E-state index is 0.198. The van der Waals surface area contributed by atoms with Crippen LogP contribution in [0, 0.1) is 0 Å². The Morgan fingerprint density at radius 3 is 2.51 bits per heavy atom. The number of fused-ring (bicyclic) bond motifs is 1. The van der Waals surface area contributed by atoms with Gasteiger partial charge >= 0.3 is 5.97 Å². The quantitative estimate of drug-likeness (QED) is 0.166. The molecule has 1 aliphatic heterocycles. The summed E-state index contributed by atoms with van der Waals surface area (Å²) < 4.78 is 19.8. The number of carbonyl (C=O) groups is 1. The first-order valence-electron chi connectivity index (χ1n) is 14.3. The molecular formula is C34H31BrCl2N2O5S. The average molecular weight is 731 g/mol. The van der Waals surface area contributed by atoms with Crippen molar-refractivity contribution < 1.29 is 19.0 Å². The number of thiazole rings is 1. The molecule has 4 aromatic rings. The first kappa shape index (κ1) is 33.0. The molecule has 45 heavy (non-hydrogen) atoms. The van der Waals surface area contributed by atoms with E-state index < -0.39 is 12.0 Å². The summed E-state index contributed by atoms with van der Waals surface area (Å²) in [5, 5.41) is 1.04. The molecule has 0 spiro atoms. The Bertz CT molecular complexity index is 1980. The van der Waals surface area contributed by atoms with Gasteiger partial charge in [0.05, 0.1) is 40.0 Å². The molecule has 0 unspecified atom stereocenters. The molecule has 0 fully saturated rings.